The van der Waals surface area contributed by atoms with Gasteiger partial charge in [-0.25, -0.2) is 14.2 Å². The summed E-state index contributed by atoms with van der Waals surface area (Å²) < 4.78 is 22.0. The van der Waals surface area contributed by atoms with Gasteiger partial charge in [0.05, 0.1) is 66.7 Å². The van der Waals surface area contributed by atoms with Crippen LogP contribution in [-0.2, 0) is 13.1 Å². The van der Waals surface area contributed by atoms with Crippen LogP contribution in [0.4, 0.5) is 15.8 Å². The van der Waals surface area contributed by atoms with Gasteiger partial charge in [0, 0.05) is 37.7 Å². The minimum Gasteiger partial charge on any atom is -0.493 e. The van der Waals surface area contributed by atoms with Crippen LogP contribution in [-0.4, -0.2) is 72.8 Å². The number of aromatic carboxylic acids is 1. The quantitative estimate of drug-likeness (QED) is 0.163. The van der Waals surface area contributed by atoms with Crippen LogP contribution >= 0.6 is 0 Å². The number of rotatable bonds is 9. The Morgan fingerprint density at radius 2 is 1.76 bits per heavy atom. The van der Waals surface area contributed by atoms with Crippen LogP contribution in [0.25, 0.3) is 11.0 Å². The van der Waals surface area contributed by atoms with E-state index in [-0.39, 0.29) is 23.3 Å². The molecule has 14 heteroatoms. The van der Waals surface area contributed by atoms with Crippen molar-refractivity contribution in [2.45, 2.75) is 38.9 Å². The number of nitrogens with one attached hydrogen (secondary N) is 2. The third-order valence-electron chi connectivity index (χ3n) is 8.34. The molecule has 1 saturated heterocycles. The lowest BCUT2D eigenvalue weighted by Gasteiger charge is -2.34. The van der Waals surface area contributed by atoms with E-state index in [0.29, 0.717) is 42.3 Å². The third-order valence-corrected chi connectivity index (χ3v) is 8.34. The first-order valence-electron chi connectivity index (χ1n) is 16.1. The Morgan fingerprint density at radius 3 is 2.44 bits per heavy atom. The molecule has 13 nitrogen and oxygen atoms in total. The Kier molecular flexibility index (Phi) is 10.2. The van der Waals surface area contributed by atoms with E-state index in [1.165, 1.54) is 36.3 Å². The van der Waals surface area contributed by atoms with Gasteiger partial charge in [0.25, 0.3) is 5.91 Å². The molecule has 0 spiro atoms. The molecule has 1 aliphatic heterocycles. The second-order valence-electron chi connectivity index (χ2n) is 12.2. The molecule has 50 heavy (non-hydrogen) atoms. The Bertz CT molecular complexity index is 2100. The summed E-state index contributed by atoms with van der Waals surface area (Å²) in [5, 5.41) is 20.8. The number of fused-ring (bicyclic) bond motifs is 1. The van der Waals surface area contributed by atoms with E-state index in [9.17, 15) is 14.0 Å². The van der Waals surface area contributed by atoms with Gasteiger partial charge in [0.2, 0.25) is 0 Å². The highest BCUT2D eigenvalue weighted by molar-refractivity contribution is 6.12. The molecule has 4 aromatic heterocycles. The average Bonchev–Trinajstić information content (AvgIpc) is 3.87. The SMILES string of the molecule is COc1cnc2[nH]cc(NC(=O)c3cnn(Cc4ccc(F)cc4)c3)c2c1N1CCC[C@@H](N)C1.Cc1cccc(Cn2cc(C(=O)O)cn2)c1. The molecule has 0 unspecified atom stereocenters. The van der Waals surface area contributed by atoms with Gasteiger partial charge >= 0.3 is 5.97 Å². The number of halogens is 1. The van der Waals surface area contributed by atoms with Crippen molar-refractivity contribution in [3.05, 3.63) is 119 Å². The maximum absolute atomic E-state index is 13.1. The van der Waals surface area contributed by atoms with Crippen molar-refractivity contribution < 1.29 is 23.8 Å². The van der Waals surface area contributed by atoms with Crippen molar-refractivity contribution in [1.82, 2.24) is 29.5 Å². The number of aryl methyl sites for hydroxylation is 1. The number of pyridine rings is 1. The standard InChI is InChI=1S/C24H26FN7O2.C12H12N2O2/c1-34-20-11-28-23-21(22(20)31-8-2-3-18(26)14-31)19(10-27-23)30-24(33)16-9-29-32(13-16)12-15-4-6-17(25)7-5-15;1-9-3-2-4-10(5-9)7-14-8-11(6-13-14)12(15)16/h4-7,9-11,13,18H,2-3,8,12,14,26H2,1H3,(H,27,28)(H,30,33);2-6,8H,7H2,1H3,(H,15,16)/t18-;/m1./s1. The fourth-order valence-electron chi connectivity index (χ4n) is 5.93. The number of aromatic amines is 1. The molecule has 7 rings (SSSR count). The zero-order valence-electron chi connectivity index (χ0n) is 27.7. The summed E-state index contributed by atoms with van der Waals surface area (Å²) in [6, 6.07) is 14.3. The molecule has 2 aromatic carbocycles. The van der Waals surface area contributed by atoms with Gasteiger partial charge in [0.15, 0.2) is 5.75 Å². The molecule has 0 bridgehead atoms. The first kappa shape index (κ1) is 33.9. The van der Waals surface area contributed by atoms with Gasteiger partial charge in [-0.2, -0.15) is 10.2 Å². The number of carbonyl (C=O) groups excluding carboxylic acids is 1. The minimum atomic E-state index is -0.949. The molecule has 1 aliphatic rings. The number of carboxylic acid groups (broad SMARTS) is 1. The number of benzene rings is 2. The molecule has 1 fully saturated rings. The van der Waals surface area contributed by atoms with Crippen LogP contribution in [0.3, 0.4) is 0 Å². The summed E-state index contributed by atoms with van der Waals surface area (Å²) in [7, 11) is 1.61. The monoisotopic (exact) mass is 679 g/mol. The second-order valence-corrected chi connectivity index (χ2v) is 12.2. The predicted octanol–water partition coefficient (Wildman–Crippen LogP) is 5.07. The number of piperidine rings is 1. The smallest absolute Gasteiger partial charge is 0.338 e. The number of hydrogen-bond donors (Lipinski definition) is 4. The minimum absolute atomic E-state index is 0.0746. The largest absolute Gasteiger partial charge is 0.493 e. The first-order valence-corrected chi connectivity index (χ1v) is 16.1. The number of hydrogen-bond acceptors (Lipinski definition) is 8. The molecule has 258 valence electrons. The van der Waals surface area contributed by atoms with Crippen LogP contribution < -0.4 is 20.7 Å². The van der Waals surface area contributed by atoms with Gasteiger partial charge in [-0.15, -0.1) is 0 Å². The topological polar surface area (TPSA) is 169 Å². The summed E-state index contributed by atoms with van der Waals surface area (Å²) in [6.07, 6.45) is 11.4. The van der Waals surface area contributed by atoms with E-state index < -0.39 is 5.97 Å². The number of carbonyl (C=O) groups is 2. The number of nitrogens with two attached hydrogens (primary N) is 1. The second kappa shape index (κ2) is 15.0. The van der Waals surface area contributed by atoms with Crippen LogP contribution in [0.15, 0.2) is 85.7 Å². The number of methoxy groups -OCH3 is 1. The fraction of sp³-hybridized carbons (Fsp3) is 0.250. The lowest BCUT2D eigenvalue weighted by molar-refractivity contribution is 0.0696. The zero-order valence-corrected chi connectivity index (χ0v) is 27.7. The summed E-state index contributed by atoms with van der Waals surface area (Å²) in [6.45, 7) is 4.59. The number of anilines is 2. The highest BCUT2D eigenvalue weighted by Crippen LogP contribution is 2.40. The maximum atomic E-state index is 13.1. The molecule has 5 heterocycles. The van der Waals surface area contributed by atoms with E-state index in [0.717, 1.165) is 41.6 Å². The number of ether oxygens (including phenoxy) is 1. The number of nitrogens with zero attached hydrogens (tertiary/aromatic N) is 6. The maximum Gasteiger partial charge on any atom is 0.338 e. The van der Waals surface area contributed by atoms with Crippen molar-refractivity contribution in [3.8, 4) is 5.75 Å². The van der Waals surface area contributed by atoms with Gasteiger partial charge in [-0.3, -0.25) is 14.2 Å². The number of carboxylic acids is 1. The summed E-state index contributed by atoms with van der Waals surface area (Å²) in [4.78, 5) is 33.5. The Hall–Kier alpha value is -6.02. The molecule has 0 aliphatic carbocycles. The molecule has 5 N–H and O–H groups in total. The van der Waals surface area contributed by atoms with Crippen LogP contribution in [0, 0.1) is 12.7 Å². The highest BCUT2D eigenvalue weighted by atomic mass is 19.1. The normalized spacial score (nSPS) is 14.2. The number of aromatic nitrogens is 6. The molecule has 1 atom stereocenters. The number of H-pyrrole nitrogens is 1. The third kappa shape index (κ3) is 7.98. The lowest BCUT2D eigenvalue weighted by Crippen LogP contribution is -2.43. The van der Waals surface area contributed by atoms with E-state index in [1.807, 2.05) is 25.1 Å². The van der Waals surface area contributed by atoms with Crippen molar-refractivity contribution in [3.63, 3.8) is 0 Å². The molecular weight excluding hydrogens is 641 g/mol. The molecule has 0 radical (unpaired) electrons. The highest BCUT2D eigenvalue weighted by Gasteiger charge is 2.25. The van der Waals surface area contributed by atoms with Crippen molar-refractivity contribution in [2.75, 3.05) is 30.4 Å². The van der Waals surface area contributed by atoms with E-state index in [2.05, 4.69) is 36.4 Å². The Morgan fingerprint density at radius 1 is 1.04 bits per heavy atom. The summed E-state index contributed by atoms with van der Waals surface area (Å²) >= 11 is 0. The van der Waals surface area contributed by atoms with E-state index in [4.69, 9.17) is 15.6 Å². The van der Waals surface area contributed by atoms with Crippen LogP contribution in [0.2, 0.25) is 0 Å². The Balaban J connectivity index is 0.000000226. The van der Waals surface area contributed by atoms with Gasteiger partial charge in [0.1, 0.15) is 11.5 Å². The average molecular weight is 680 g/mol. The molecule has 6 aromatic rings. The molecule has 0 saturated carbocycles. The van der Waals surface area contributed by atoms with Crippen molar-refractivity contribution in [1.29, 1.82) is 0 Å². The zero-order chi connectivity index (χ0) is 35.2. The predicted molar refractivity (Wildman–Crippen MR) is 187 cm³/mol. The van der Waals surface area contributed by atoms with Crippen LogP contribution in [0.5, 0.6) is 5.75 Å². The summed E-state index contributed by atoms with van der Waals surface area (Å²) in [5.41, 5.74) is 12.2. The fourth-order valence-corrected chi connectivity index (χ4v) is 5.93. The molecule has 1 amide bonds. The number of amides is 1. The van der Waals surface area contributed by atoms with E-state index in [1.54, 1.807) is 47.2 Å². The molecular formula is C36H38FN9O4. The van der Waals surface area contributed by atoms with Gasteiger partial charge in [-0.1, -0.05) is 42.0 Å². The van der Waals surface area contributed by atoms with E-state index >= 15 is 0 Å². The van der Waals surface area contributed by atoms with Crippen molar-refractivity contribution in [2.24, 2.45) is 5.73 Å². The van der Waals surface area contributed by atoms with Gasteiger partial charge in [-0.05, 0) is 43.0 Å². The Labute approximate surface area is 287 Å². The first-order chi connectivity index (χ1) is 24.2. The summed E-state index contributed by atoms with van der Waals surface area (Å²) in [5.74, 6) is -0.908. The van der Waals surface area contributed by atoms with Gasteiger partial charge < -0.3 is 30.8 Å². The van der Waals surface area contributed by atoms with Crippen LogP contribution in [0.1, 0.15) is 50.2 Å². The lowest BCUT2D eigenvalue weighted by atomic mass is 10.0. The van der Waals surface area contributed by atoms with Crippen molar-refractivity contribution >= 4 is 34.3 Å².